The van der Waals surface area contributed by atoms with Gasteiger partial charge in [0.05, 0.1) is 39.1 Å². The second-order valence-electron chi connectivity index (χ2n) is 21.0. The molecule has 0 atom stereocenters. The summed E-state index contributed by atoms with van der Waals surface area (Å²) in [5, 5.41) is 2.44. The predicted octanol–water partition coefficient (Wildman–Crippen LogP) is 14.4. The van der Waals surface area contributed by atoms with Crippen LogP contribution in [0.15, 0.2) is 243 Å². The Balaban J connectivity index is 0.00000589. The molecule has 2 aliphatic heterocycles. The summed E-state index contributed by atoms with van der Waals surface area (Å²) < 4.78 is 6.78. The largest absolute Gasteiger partial charge is 0.420 e. The summed E-state index contributed by atoms with van der Waals surface area (Å²) in [6.07, 6.45) is 5.81. The first kappa shape index (κ1) is 49.9. The van der Waals surface area contributed by atoms with Crippen LogP contribution in [0.1, 0.15) is 22.3 Å². The summed E-state index contributed by atoms with van der Waals surface area (Å²) in [6.45, 7) is 8.33. The van der Waals surface area contributed by atoms with Crippen molar-refractivity contribution in [3.8, 4) is 17.1 Å². The second-order valence-corrected chi connectivity index (χ2v) is 21.0. The first-order valence-electron chi connectivity index (χ1n) is 27.4. The number of hydrogen-bond donors (Lipinski definition) is 0. The van der Waals surface area contributed by atoms with Gasteiger partial charge in [0.2, 0.25) is 0 Å². The van der Waals surface area contributed by atoms with E-state index in [1.54, 1.807) is 0 Å². The fourth-order valence-electron chi connectivity index (χ4n) is 12.9. The molecule has 15 rings (SSSR count). The molecule has 10 aromatic carbocycles. The molecule has 0 amide bonds. The number of para-hydroxylation sites is 8. The minimum atomic E-state index is -0.320. The summed E-state index contributed by atoms with van der Waals surface area (Å²) in [7, 11) is 0. The van der Waals surface area contributed by atoms with Crippen LogP contribution in [-0.4, -0.2) is 28.1 Å². The maximum Gasteiger partial charge on any atom is 0.420 e. The van der Waals surface area contributed by atoms with Crippen molar-refractivity contribution in [2.75, 3.05) is 19.2 Å². The van der Waals surface area contributed by atoms with Crippen LogP contribution in [0, 0.1) is 46.2 Å². The molecule has 0 fully saturated rings. The molecular formula is C70H52B2N8Pt-2. The zero-order valence-corrected chi connectivity index (χ0v) is 47.4. The van der Waals surface area contributed by atoms with E-state index < -0.39 is 0 Å². The third kappa shape index (κ3) is 7.95. The zero-order chi connectivity index (χ0) is 53.6. The predicted molar refractivity (Wildman–Crippen MR) is 330 cm³/mol. The van der Waals surface area contributed by atoms with Gasteiger partial charge in [-0.15, -0.1) is 18.2 Å². The van der Waals surface area contributed by atoms with Crippen LogP contribution in [-0.2, 0) is 21.1 Å². The van der Waals surface area contributed by atoms with E-state index in [1.807, 2.05) is 12.3 Å². The first-order chi connectivity index (χ1) is 39.4. The van der Waals surface area contributed by atoms with Crippen LogP contribution in [0.5, 0.6) is 0 Å². The Hall–Kier alpha value is -9.36. The van der Waals surface area contributed by atoms with Crippen molar-refractivity contribution < 1.29 is 25.6 Å². The van der Waals surface area contributed by atoms with Gasteiger partial charge in [0, 0.05) is 49.4 Å². The number of aromatic nitrogens is 4. The molecular weight excluding hydrogens is 1170 g/mol. The third-order valence-corrected chi connectivity index (χ3v) is 16.3. The van der Waals surface area contributed by atoms with Gasteiger partial charge in [-0.25, -0.2) is 4.98 Å². The maximum absolute atomic E-state index is 5.20. The quantitative estimate of drug-likeness (QED) is 0.0818. The number of fused-ring (bicyclic) bond motifs is 6. The van der Waals surface area contributed by atoms with Gasteiger partial charge in [-0.05, 0) is 105 Å². The molecule has 8 nitrogen and oxygen atoms in total. The molecule has 0 N–H and O–H groups in total. The molecule has 390 valence electrons. The van der Waals surface area contributed by atoms with Crippen molar-refractivity contribution in [1.29, 1.82) is 0 Å². The van der Waals surface area contributed by atoms with Gasteiger partial charge in [-0.2, -0.15) is 24.3 Å². The molecule has 0 spiro atoms. The van der Waals surface area contributed by atoms with Crippen LogP contribution in [0.2, 0.25) is 0 Å². The Morgan fingerprint density at radius 2 is 0.901 bits per heavy atom. The summed E-state index contributed by atoms with van der Waals surface area (Å²) >= 11 is 0. The maximum atomic E-state index is 5.20. The smallest absolute Gasteiger partial charge is 0.415 e. The van der Waals surface area contributed by atoms with Crippen molar-refractivity contribution in [3.63, 3.8) is 0 Å². The summed E-state index contributed by atoms with van der Waals surface area (Å²) in [5.74, 6) is 0.869. The van der Waals surface area contributed by atoms with Crippen LogP contribution >= 0.6 is 0 Å². The summed E-state index contributed by atoms with van der Waals surface area (Å²) in [6, 6.07) is 92.8. The molecule has 0 bridgehead atoms. The van der Waals surface area contributed by atoms with E-state index >= 15 is 0 Å². The Labute approximate surface area is 487 Å². The first-order valence-corrected chi connectivity index (χ1v) is 27.4. The van der Waals surface area contributed by atoms with Gasteiger partial charge in [0.25, 0.3) is 6.33 Å². The molecule has 11 heteroatoms. The number of imidazole rings is 1. The van der Waals surface area contributed by atoms with Crippen molar-refractivity contribution in [2.45, 2.75) is 27.7 Å². The van der Waals surface area contributed by atoms with E-state index in [1.165, 1.54) is 44.0 Å². The summed E-state index contributed by atoms with van der Waals surface area (Å²) in [5.41, 5.74) is 21.5. The molecule has 2 aliphatic rings. The van der Waals surface area contributed by atoms with E-state index in [-0.39, 0.29) is 35.0 Å². The van der Waals surface area contributed by atoms with E-state index in [4.69, 9.17) is 4.98 Å². The normalized spacial score (nSPS) is 12.9. The number of pyridine rings is 1. The standard InChI is InChI=1S/C70H52B2N8.Pt/c1-48-23-19-24-49(2)68(48)71-77(52-27-7-5-8-28-52)65-43-42-54(74-47-75(62-38-16-15-37-61(62)74)63-39-17-18-40-64(63)76-59-35-13-11-33-57(59)58-34-12-14-36-60(58)76)46-67(65)79(71)55-31-21-32-56(45-55)80-70-66(41-22-44-73-70)78(53-29-9-6-10-30-53)72(80)69-50(3)25-20-26-51(69)4;/h5-44H,1-4H3;/q-2;. The molecule has 0 radical (unpaired) electrons. The van der Waals surface area contributed by atoms with Crippen LogP contribution in [0.3, 0.4) is 0 Å². The number of nitrogens with zero attached hydrogens (tertiary/aromatic N) is 8. The SMILES string of the molecule is Cc1cccc(C)c1B1N(c2[c-]c(N3B(c4c(C)cccc4C)N(c4ccccc4)c4cccnc43)ccc2)c2[c-]c(-n3[c-][n+](-c4ccccc4-n4c5ccccc5c5ccccc54)c4ccccc43)ccc2N1c1ccccc1.[Pt]. The molecule has 13 aromatic rings. The number of benzene rings is 10. The molecule has 0 saturated carbocycles. The van der Waals surface area contributed by atoms with Gasteiger partial charge in [0.1, 0.15) is 5.82 Å². The Bertz CT molecular complexity index is 4470. The third-order valence-electron chi connectivity index (χ3n) is 16.3. The Morgan fingerprint density at radius 3 is 1.54 bits per heavy atom. The van der Waals surface area contributed by atoms with E-state index in [9.17, 15) is 0 Å². The van der Waals surface area contributed by atoms with E-state index in [2.05, 4.69) is 310 Å². The number of aryl methyl sites for hydroxylation is 4. The van der Waals surface area contributed by atoms with Crippen molar-refractivity contribution in [1.82, 2.24) is 14.1 Å². The van der Waals surface area contributed by atoms with E-state index in [0.29, 0.717) is 0 Å². The Kier molecular flexibility index (Phi) is 12.4. The van der Waals surface area contributed by atoms with Crippen molar-refractivity contribution in [3.05, 3.63) is 283 Å². The Morgan fingerprint density at radius 1 is 0.395 bits per heavy atom. The molecule has 3 aromatic heterocycles. The van der Waals surface area contributed by atoms with Gasteiger partial charge in [-0.3, -0.25) is 4.57 Å². The van der Waals surface area contributed by atoms with Crippen LogP contribution < -0.4 is 34.7 Å². The molecule has 5 heterocycles. The van der Waals surface area contributed by atoms with Crippen LogP contribution in [0.4, 0.5) is 45.6 Å². The fraction of sp³-hybridized carbons (Fsp3) is 0.0571. The molecule has 81 heavy (non-hydrogen) atoms. The average molecular weight is 1220 g/mol. The van der Waals surface area contributed by atoms with Gasteiger partial charge >= 0.3 is 14.0 Å². The van der Waals surface area contributed by atoms with Crippen molar-refractivity contribution in [2.24, 2.45) is 0 Å². The summed E-state index contributed by atoms with van der Waals surface area (Å²) in [4.78, 5) is 15.0. The average Bonchev–Trinajstić information content (AvgIpc) is 4.32. The van der Waals surface area contributed by atoms with Gasteiger partial charge in [-0.1, -0.05) is 191 Å². The fourth-order valence-corrected chi connectivity index (χ4v) is 12.9. The topological polar surface area (TPSA) is 39.6 Å². The second kappa shape index (κ2) is 20.1. The zero-order valence-electron chi connectivity index (χ0n) is 45.1. The molecule has 0 unspecified atom stereocenters. The van der Waals surface area contributed by atoms with Gasteiger partial charge in [0.15, 0.2) is 0 Å². The number of anilines is 8. The monoisotopic (exact) mass is 1220 g/mol. The molecule has 0 saturated heterocycles. The van der Waals surface area contributed by atoms with E-state index in [0.717, 1.165) is 84.8 Å². The van der Waals surface area contributed by atoms with Gasteiger partial charge < -0.3 is 28.4 Å². The van der Waals surface area contributed by atoms with Crippen molar-refractivity contribution >= 4 is 103 Å². The molecule has 0 aliphatic carbocycles. The minimum absolute atomic E-state index is 0. The number of rotatable bonds is 9. The minimum Gasteiger partial charge on any atom is -0.415 e. The number of hydrogen-bond acceptors (Lipinski definition) is 5. The van der Waals surface area contributed by atoms with Crippen LogP contribution in [0.25, 0.3) is 49.9 Å².